The van der Waals surface area contributed by atoms with Gasteiger partial charge in [0.05, 0.1) is 24.0 Å². The summed E-state index contributed by atoms with van der Waals surface area (Å²) in [6, 6.07) is 12.4. The normalized spacial score (nSPS) is 9.95. The molecule has 0 aromatic heterocycles. The smallest absolute Gasteiger partial charge is 0.250 e. The minimum Gasteiger partial charge on any atom is -0.495 e. The van der Waals surface area contributed by atoms with Crippen LogP contribution in [0.3, 0.4) is 0 Å². The highest BCUT2D eigenvalue weighted by molar-refractivity contribution is 6.00. The number of carbonyl (C=O) groups excluding carboxylic acids is 1. The molecule has 0 aliphatic carbocycles. The Kier molecular flexibility index (Phi) is 3.56. The van der Waals surface area contributed by atoms with Gasteiger partial charge >= 0.3 is 0 Å². The molecule has 19 heavy (non-hydrogen) atoms. The molecule has 0 saturated heterocycles. The lowest BCUT2D eigenvalue weighted by Gasteiger charge is -2.13. The summed E-state index contributed by atoms with van der Waals surface area (Å²) in [5.41, 5.74) is 13.2. The van der Waals surface area contributed by atoms with Gasteiger partial charge in [-0.2, -0.15) is 0 Å². The highest BCUT2D eigenvalue weighted by Crippen LogP contribution is 2.29. The number of carbonyl (C=O) groups is 1. The molecule has 0 aliphatic rings. The van der Waals surface area contributed by atoms with E-state index in [1.807, 2.05) is 24.3 Å². The molecule has 0 unspecified atom stereocenters. The van der Waals surface area contributed by atoms with E-state index in [0.717, 1.165) is 5.69 Å². The van der Waals surface area contributed by atoms with Crippen molar-refractivity contribution in [2.45, 2.75) is 0 Å². The fourth-order valence-corrected chi connectivity index (χ4v) is 1.77. The van der Waals surface area contributed by atoms with Crippen molar-refractivity contribution in [1.82, 2.24) is 0 Å². The van der Waals surface area contributed by atoms with Gasteiger partial charge in [-0.05, 0) is 30.3 Å². The summed E-state index contributed by atoms with van der Waals surface area (Å²) in [5, 5.41) is 3.12. The van der Waals surface area contributed by atoms with Gasteiger partial charge < -0.3 is 21.5 Å². The minimum absolute atomic E-state index is 0.339. The number of rotatable bonds is 4. The fraction of sp³-hybridized carbons (Fsp3) is 0.0714. The van der Waals surface area contributed by atoms with E-state index in [4.69, 9.17) is 16.2 Å². The van der Waals surface area contributed by atoms with Crippen molar-refractivity contribution in [2.24, 2.45) is 5.73 Å². The first-order valence-electron chi connectivity index (χ1n) is 5.71. The first-order valence-corrected chi connectivity index (χ1v) is 5.71. The highest BCUT2D eigenvalue weighted by Gasteiger charge is 2.10. The molecule has 98 valence electrons. The van der Waals surface area contributed by atoms with Crippen LogP contribution in [0.25, 0.3) is 0 Å². The second kappa shape index (κ2) is 5.30. The molecule has 0 aliphatic heterocycles. The van der Waals surface area contributed by atoms with Crippen molar-refractivity contribution in [2.75, 3.05) is 18.2 Å². The first-order chi connectivity index (χ1) is 9.11. The van der Waals surface area contributed by atoms with Crippen molar-refractivity contribution in [1.29, 1.82) is 0 Å². The Bertz CT molecular complexity index is 611. The Morgan fingerprint density at radius 3 is 2.58 bits per heavy atom. The van der Waals surface area contributed by atoms with Crippen LogP contribution in [-0.2, 0) is 0 Å². The Hall–Kier alpha value is -2.69. The average molecular weight is 257 g/mol. The third-order valence-electron chi connectivity index (χ3n) is 2.69. The molecule has 0 saturated carbocycles. The summed E-state index contributed by atoms with van der Waals surface area (Å²) in [4.78, 5) is 11.4. The fourth-order valence-electron chi connectivity index (χ4n) is 1.77. The van der Waals surface area contributed by atoms with Gasteiger partial charge in [0.25, 0.3) is 5.91 Å². The zero-order valence-corrected chi connectivity index (χ0v) is 10.5. The number of hydrogen-bond donors (Lipinski definition) is 3. The van der Waals surface area contributed by atoms with E-state index in [-0.39, 0.29) is 0 Å². The standard InChI is InChI=1S/C14H15N3O2/c1-19-13-5-3-2-4-12(13)17-11-7-6-9(15)8-10(11)14(16)18/h2-8,17H,15H2,1H3,(H2,16,18). The number of methoxy groups -OCH3 is 1. The molecular formula is C14H15N3O2. The van der Waals surface area contributed by atoms with Crippen LogP contribution in [0.15, 0.2) is 42.5 Å². The second-order valence-electron chi connectivity index (χ2n) is 3.99. The van der Waals surface area contributed by atoms with Gasteiger partial charge in [0.2, 0.25) is 0 Å². The van der Waals surface area contributed by atoms with Gasteiger partial charge in [-0.15, -0.1) is 0 Å². The summed E-state index contributed by atoms with van der Waals surface area (Å²) >= 11 is 0. The molecule has 0 bridgehead atoms. The Morgan fingerprint density at radius 1 is 1.16 bits per heavy atom. The van der Waals surface area contributed by atoms with E-state index in [9.17, 15) is 4.79 Å². The van der Waals surface area contributed by atoms with Crippen molar-refractivity contribution < 1.29 is 9.53 Å². The molecule has 5 heteroatoms. The van der Waals surface area contributed by atoms with Crippen LogP contribution in [0.1, 0.15) is 10.4 Å². The number of amides is 1. The summed E-state index contributed by atoms with van der Waals surface area (Å²) in [6.45, 7) is 0. The molecule has 1 amide bonds. The number of nitrogens with two attached hydrogens (primary N) is 2. The number of ether oxygens (including phenoxy) is 1. The van der Waals surface area contributed by atoms with Gasteiger partial charge in [0, 0.05) is 5.69 Å². The number of nitrogens with one attached hydrogen (secondary N) is 1. The number of anilines is 3. The van der Waals surface area contributed by atoms with Crippen molar-refractivity contribution >= 4 is 23.0 Å². The van der Waals surface area contributed by atoms with Gasteiger partial charge in [-0.1, -0.05) is 12.1 Å². The average Bonchev–Trinajstić information content (AvgIpc) is 2.41. The van der Waals surface area contributed by atoms with Crippen molar-refractivity contribution in [3.8, 4) is 5.75 Å². The van der Waals surface area contributed by atoms with Gasteiger partial charge in [0.15, 0.2) is 0 Å². The predicted molar refractivity (Wildman–Crippen MR) is 75.6 cm³/mol. The van der Waals surface area contributed by atoms with Crippen LogP contribution >= 0.6 is 0 Å². The van der Waals surface area contributed by atoms with Gasteiger partial charge in [-0.3, -0.25) is 4.79 Å². The lowest BCUT2D eigenvalue weighted by atomic mass is 10.1. The Morgan fingerprint density at radius 2 is 1.89 bits per heavy atom. The molecule has 0 heterocycles. The van der Waals surface area contributed by atoms with Crippen LogP contribution in [0.4, 0.5) is 17.1 Å². The molecule has 0 radical (unpaired) electrons. The number of para-hydroxylation sites is 2. The third kappa shape index (κ3) is 2.77. The van der Waals surface area contributed by atoms with Crippen molar-refractivity contribution in [3.63, 3.8) is 0 Å². The molecule has 2 aromatic rings. The SMILES string of the molecule is COc1ccccc1Nc1ccc(N)cc1C(N)=O. The topological polar surface area (TPSA) is 90.4 Å². The molecule has 5 nitrogen and oxygen atoms in total. The Labute approximate surface area is 111 Å². The van der Waals surface area contributed by atoms with Crippen LogP contribution < -0.4 is 21.5 Å². The lowest BCUT2D eigenvalue weighted by Crippen LogP contribution is -2.13. The zero-order chi connectivity index (χ0) is 13.8. The minimum atomic E-state index is -0.537. The summed E-state index contributed by atoms with van der Waals surface area (Å²) in [6.07, 6.45) is 0. The summed E-state index contributed by atoms with van der Waals surface area (Å²) in [7, 11) is 1.58. The van der Waals surface area contributed by atoms with Crippen molar-refractivity contribution in [3.05, 3.63) is 48.0 Å². The van der Waals surface area contributed by atoms with E-state index >= 15 is 0 Å². The third-order valence-corrected chi connectivity index (χ3v) is 2.69. The second-order valence-corrected chi connectivity index (χ2v) is 3.99. The maximum Gasteiger partial charge on any atom is 0.250 e. The van der Waals surface area contributed by atoms with E-state index in [0.29, 0.717) is 22.7 Å². The molecule has 5 N–H and O–H groups in total. The maximum absolute atomic E-state index is 11.4. The predicted octanol–water partition coefficient (Wildman–Crippen LogP) is 2.12. The Balaban J connectivity index is 2.41. The monoisotopic (exact) mass is 257 g/mol. The first kappa shape index (κ1) is 12.8. The molecule has 2 aromatic carbocycles. The molecule has 0 atom stereocenters. The van der Waals surface area contributed by atoms with E-state index in [2.05, 4.69) is 5.32 Å². The van der Waals surface area contributed by atoms with Crippen LogP contribution in [-0.4, -0.2) is 13.0 Å². The zero-order valence-electron chi connectivity index (χ0n) is 10.5. The van der Waals surface area contributed by atoms with Crippen LogP contribution in [0, 0.1) is 0 Å². The van der Waals surface area contributed by atoms with Crippen LogP contribution in [0.5, 0.6) is 5.75 Å². The highest BCUT2D eigenvalue weighted by atomic mass is 16.5. The van der Waals surface area contributed by atoms with Gasteiger partial charge in [-0.25, -0.2) is 0 Å². The van der Waals surface area contributed by atoms with E-state index in [1.54, 1.807) is 25.3 Å². The molecule has 0 fully saturated rings. The largest absolute Gasteiger partial charge is 0.495 e. The van der Waals surface area contributed by atoms with Crippen LogP contribution in [0.2, 0.25) is 0 Å². The quantitative estimate of drug-likeness (QED) is 0.732. The summed E-state index contributed by atoms with van der Waals surface area (Å²) < 4.78 is 5.24. The number of benzene rings is 2. The number of hydrogen-bond acceptors (Lipinski definition) is 4. The van der Waals surface area contributed by atoms with E-state index in [1.165, 1.54) is 0 Å². The number of primary amides is 1. The molecule has 0 spiro atoms. The maximum atomic E-state index is 11.4. The van der Waals surface area contributed by atoms with E-state index < -0.39 is 5.91 Å². The lowest BCUT2D eigenvalue weighted by molar-refractivity contribution is 0.100. The van der Waals surface area contributed by atoms with Gasteiger partial charge in [0.1, 0.15) is 5.75 Å². The number of nitrogen functional groups attached to an aromatic ring is 1. The summed E-state index contributed by atoms with van der Waals surface area (Å²) in [5.74, 6) is 0.138. The molecular weight excluding hydrogens is 242 g/mol. The molecule has 2 rings (SSSR count).